The van der Waals surface area contributed by atoms with Crippen molar-refractivity contribution in [3.8, 4) is 5.75 Å². The molecule has 34 heavy (non-hydrogen) atoms. The number of anilines is 1. The van der Waals surface area contributed by atoms with Crippen molar-refractivity contribution < 1.29 is 18.3 Å². The van der Waals surface area contributed by atoms with E-state index in [1.54, 1.807) is 11.6 Å². The molecule has 1 aliphatic rings. The molecule has 0 fully saturated rings. The number of halogens is 1. The molecule has 0 spiro atoms. The van der Waals surface area contributed by atoms with Crippen molar-refractivity contribution >= 4 is 33.3 Å². The van der Waals surface area contributed by atoms with Gasteiger partial charge in [0.25, 0.3) is 5.91 Å². The lowest BCUT2D eigenvalue weighted by Crippen LogP contribution is -2.29. The second-order valence-electron chi connectivity index (χ2n) is 8.18. The molecule has 2 aromatic heterocycles. The van der Waals surface area contributed by atoms with Crippen LogP contribution in [0, 0.1) is 5.82 Å². The van der Waals surface area contributed by atoms with Gasteiger partial charge in [0, 0.05) is 11.6 Å². The van der Waals surface area contributed by atoms with Crippen molar-refractivity contribution in [2.24, 2.45) is 0 Å². The number of amides is 1. The second-order valence-corrected chi connectivity index (χ2v) is 9.06. The lowest BCUT2D eigenvalue weighted by Gasteiger charge is -2.22. The van der Waals surface area contributed by atoms with Crippen molar-refractivity contribution in [3.63, 3.8) is 0 Å². The summed E-state index contributed by atoms with van der Waals surface area (Å²) in [5.74, 6) is -0.314. The molecular formula is C26H23FN2O4S. The number of fused-ring (bicyclic) bond motifs is 2. The first-order valence-electron chi connectivity index (χ1n) is 11.3. The molecule has 1 unspecified atom stereocenters. The summed E-state index contributed by atoms with van der Waals surface area (Å²) in [6, 6.07) is 10.3. The average Bonchev–Trinajstić information content (AvgIpc) is 3.47. The van der Waals surface area contributed by atoms with E-state index in [0.717, 1.165) is 24.7 Å². The Morgan fingerprint density at radius 2 is 1.94 bits per heavy atom. The molecule has 0 N–H and O–H groups in total. The molecule has 0 saturated carbocycles. The van der Waals surface area contributed by atoms with Crippen LogP contribution in [0.2, 0.25) is 0 Å². The number of aromatic nitrogens is 1. The highest BCUT2D eigenvalue weighted by atomic mass is 32.1. The third-order valence-electron chi connectivity index (χ3n) is 5.92. The minimum absolute atomic E-state index is 0.0411. The van der Waals surface area contributed by atoms with Gasteiger partial charge in [-0.1, -0.05) is 38.3 Å². The molecule has 2 aromatic carbocycles. The second kappa shape index (κ2) is 9.38. The van der Waals surface area contributed by atoms with Crippen LogP contribution in [-0.4, -0.2) is 17.5 Å². The number of carbonyl (C=O) groups excluding carboxylic acids is 1. The third kappa shape index (κ3) is 3.98. The Bertz CT molecular complexity index is 1380. The maximum Gasteiger partial charge on any atom is 0.297 e. The number of unbranched alkanes of at least 4 members (excludes halogenated alkanes) is 3. The van der Waals surface area contributed by atoms with Gasteiger partial charge < -0.3 is 9.15 Å². The van der Waals surface area contributed by atoms with Crippen LogP contribution in [0.4, 0.5) is 9.52 Å². The molecule has 1 aliphatic heterocycles. The van der Waals surface area contributed by atoms with Crippen LogP contribution in [0.1, 0.15) is 60.3 Å². The van der Waals surface area contributed by atoms with Gasteiger partial charge in [-0.25, -0.2) is 9.37 Å². The highest BCUT2D eigenvalue weighted by Crippen LogP contribution is 2.42. The van der Waals surface area contributed by atoms with Crippen molar-refractivity contribution in [1.29, 1.82) is 0 Å². The summed E-state index contributed by atoms with van der Waals surface area (Å²) in [7, 11) is 0. The predicted molar refractivity (Wildman–Crippen MR) is 129 cm³/mol. The quantitative estimate of drug-likeness (QED) is 0.286. The third-order valence-corrected chi connectivity index (χ3v) is 6.69. The van der Waals surface area contributed by atoms with Gasteiger partial charge in [-0.2, -0.15) is 0 Å². The number of carbonyl (C=O) groups is 1. The Hall–Kier alpha value is -3.52. The summed E-state index contributed by atoms with van der Waals surface area (Å²) >= 11 is 1.29. The zero-order valence-corrected chi connectivity index (χ0v) is 19.4. The number of hydrogen-bond donors (Lipinski definition) is 0. The summed E-state index contributed by atoms with van der Waals surface area (Å²) in [5, 5.41) is 2.32. The monoisotopic (exact) mass is 478 g/mol. The Kier molecular flexibility index (Phi) is 6.15. The number of benzene rings is 2. The molecule has 3 heterocycles. The van der Waals surface area contributed by atoms with Gasteiger partial charge in [0.2, 0.25) is 5.76 Å². The van der Waals surface area contributed by atoms with Crippen molar-refractivity contribution in [3.05, 3.63) is 87.0 Å². The molecular weight excluding hydrogens is 455 g/mol. The van der Waals surface area contributed by atoms with Crippen LogP contribution in [0.25, 0.3) is 11.0 Å². The molecule has 0 radical (unpaired) electrons. The number of rotatable bonds is 8. The summed E-state index contributed by atoms with van der Waals surface area (Å²) in [6.07, 6.45) is 6.07. The fourth-order valence-electron chi connectivity index (χ4n) is 4.26. The molecule has 5 rings (SSSR count). The van der Waals surface area contributed by atoms with E-state index in [-0.39, 0.29) is 22.3 Å². The minimum atomic E-state index is -0.740. The van der Waals surface area contributed by atoms with Gasteiger partial charge in [-0.3, -0.25) is 14.5 Å². The van der Waals surface area contributed by atoms with E-state index in [0.29, 0.717) is 17.3 Å². The fourth-order valence-corrected chi connectivity index (χ4v) is 4.92. The molecule has 6 nitrogen and oxygen atoms in total. The fraction of sp³-hybridized carbons (Fsp3) is 0.269. The first-order chi connectivity index (χ1) is 16.6. The zero-order valence-electron chi connectivity index (χ0n) is 18.6. The predicted octanol–water partition coefficient (Wildman–Crippen LogP) is 6.10. The molecule has 4 aromatic rings. The van der Waals surface area contributed by atoms with Gasteiger partial charge >= 0.3 is 0 Å². The standard InChI is InChI=1S/C26H23FN2O4S/c1-2-3-4-5-13-32-18-9-6-16(7-10-18)22-21-23(30)19-15-17(27)8-11-20(19)33-24(21)25(31)29(22)26-28-12-14-34-26/h6-12,14-15,22H,2-5,13H2,1H3. The van der Waals surface area contributed by atoms with E-state index >= 15 is 0 Å². The lowest BCUT2D eigenvalue weighted by atomic mass is 9.98. The van der Waals surface area contributed by atoms with Gasteiger partial charge in [0.1, 0.15) is 17.1 Å². The largest absolute Gasteiger partial charge is 0.494 e. The molecule has 1 atom stereocenters. The van der Waals surface area contributed by atoms with Gasteiger partial charge in [0.15, 0.2) is 10.6 Å². The van der Waals surface area contributed by atoms with E-state index in [1.807, 2.05) is 24.3 Å². The number of hydrogen-bond acceptors (Lipinski definition) is 6. The topological polar surface area (TPSA) is 72.6 Å². The highest BCUT2D eigenvalue weighted by Gasteiger charge is 2.44. The Morgan fingerprint density at radius 1 is 1.12 bits per heavy atom. The number of thiazole rings is 1. The zero-order chi connectivity index (χ0) is 23.7. The van der Waals surface area contributed by atoms with Crippen molar-refractivity contribution in [2.45, 2.75) is 38.6 Å². The van der Waals surface area contributed by atoms with Crippen LogP contribution in [0.5, 0.6) is 5.75 Å². The normalized spacial score (nSPS) is 15.2. The smallest absolute Gasteiger partial charge is 0.297 e. The van der Waals surface area contributed by atoms with E-state index in [4.69, 9.17) is 9.15 Å². The van der Waals surface area contributed by atoms with Crippen LogP contribution >= 0.6 is 11.3 Å². The van der Waals surface area contributed by atoms with Crippen LogP contribution in [0.15, 0.2) is 63.3 Å². The highest BCUT2D eigenvalue weighted by molar-refractivity contribution is 7.13. The average molecular weight is 479 g/mol. The lowest BCUT2D eigenvalue weighted by molar-refractivity contribution is 0.0971. The van der Waals surface area contributed by atoms with E-state index in [9.17, 15) is 14.0 Å². The maximum atomic E-state index is 13.9. The Balaban J connectivity index is 1.55. The summed E-state index contributed by atoms with van der Waals surface area (Å²) in [4.78, 5) is 32.6. The van der Waals surface area contributed by atoms with E-state index in [2.05, 4.69) is 11.9 Å². The van der Waals surface area contributed by atoms with E-state index < -0.39 is 23.2 Å². The molecule has 0 saturated heterocycles. The Labute approximate surface area is 199 Å². The van der Waals surface area contributed by atoms with Crippen molar-refractivity contribution in [2.75, 3.05) is 11.5 Å². The van der Waals surface area contributed by atoms with Crippen molar-refractivity contribution in [1.82, 2.24) is 4.98 Å². The molecule has 0 bridgehead atoms. The van der Waals surface area contributed by atoms with Crippen LogP contribution < -0.4 is 15.1 Å². The van der Waals surface area contributed by atoms with E-state index in [1.165, 1.54) is 41.2 Å². The van der Waals surface area contributed by atoms with Gasteiger partial charge in [-0.05, 0) is 42.3 Å². The molecule has 8 heteroatoms. The minimum Gasteiger partial charge on any atom is -0.494 e. The first kappa shape index (κ1) is 22.3. The Morgan fingerprint density at radius 3 is 2.68 bits per heavy atom. The number of ether oxygens (including phenoxy) is 1. The van der Waals surface area contributed by atoms with Crippen LogP contribution in [0.3, 0.4) is 0 Å². The molecule has 174 valence electrons. The SMILES string of the molecule is CCCCCCOc1ccc(C2c3c(oc4ccc(F)cc4c3=O)C(=O)N2c2nccs2)cc1. The van der Waals surface area contributed by atoms with Gasteiger partial charge in [0.05, 0.1) is 23.6 Å². The summed E-state index contributed by atoms with van der Waals surface area (Å²) in [5.41, 5.74) is 0.643. The van der Waals surface area contributed by atoms with Gasteiger partial charge in [-0.15, -0.1) is 11.3 Å². The summed E-state index contributed by atoms with van der Waals surface area (Å²) < 4.78 is 25.6. The summed E-state index contributed by atoms with van der Waals surface area (Å²) in [6.45, 7) is 2.80. The van der Waals surface area contributed by atoms with Crippen LogP contribution in [-0.2, 0) is 0 Å². The molecule has 0 aliphatic carbocycles. The maximum absolute atomic E-state index is 13.9. The molecule has 1 amide bonds. The first-order valence-corrected chi connectivity index (χ1v) is 12.2. The number of nitrogens with zero attached hydrogens (tertiary/aromatic N) is 2.